The Balaban J connectivity index is 3.19. The van der Waals surface area contributed by atoms with E-state index in [1.807, 2.05) is 6.92 Å². The van der Waals surface area contributed by atoms with Crippen molar-refractivity contribution in [2.75, 3.05) is 0 Å². The van der Waals surface area contributed by atoms with Crippen LogP contribution in [-0.4, -0.2) is 13.9 Å². The molecule has 0 saturated carbocycles. The molecule has 0 bridgehead atoms. The molecule has 0 fully saturated rings. The summed E-state index contributed by atoms with van der Waals surface area (Å²) in [6.07, 6.45) is 5.03. The fourth-order valence-corrected chi connectivity index (χ4v) is 8.40. The van der Waals surface area contributed by atoms with E-state index in [9.17, 15) is 4.79 Å². The van der Waals surface area contributed by atoms with Crippen LogP contribution in [0.1, 0.15) is 87.7 Å². The van der Waals surface area contributed by atoms with Crippen LogP contribution in [0, 0.1) is 6.92 Å². The van der Waals surface area contributed by atoms with Gasteiger partial charge in [0.2, 0.25) is 0 Å². The molecular formula is C19H34O2Si. The maximum atomic E-state index is 11.8. The van der Waals surface area contributed by atoms with Crippen LogP contribution in [0.2, 0.25) is 18.1 Å². The zero-order valence-corrected chi connectivity index (χ0v) is 16.4. The Bertz CT molecular complexity index is 464. The molecule has 0 saturated heterocycles. The molecule has 0 spiro atoms. The number of ketones is 1. The van der Waals surface area contributed by atoms with Gasteiger partial charge in [-0.3, -0.25) is 4.79 Å². The Morgan fingerprint density at radius 2 is 1.73 bits per heavy atom. The summed E-state index contributed by atoms with van der Waals surface area (Å²) in [4.78, 5) is 11.8. The third kappa shape index (κ3) is 4.12. The van der Waals surface area contributed by atoms with Crippen molar-refractivity contribution in [3.63, 3.8) is 0 Å². The summed E-state index contributed by atoms with van der Waals surface area (Å²) in [5.41, 5.74) is 1.34. The van der Waals surface area contributed by atoms with E-state index in [-0.39, 0.29) is 5.78 Å². The summed E-state index contributed by atoms with van der Waals surface area (Å²) in [6, 6.07) is 5.95. The standard InChI is InChI=1S/C19H34O2Si/c1-7-11-12-13-19(22(8-2,9-3)10-4)18-14-17(15(5)20)16(6)21-18/h14,19H,7-13H2,1-6H3. The van der Waals surface area contributed by atoms with E-state index < -0.39 is 8.07 Å². The molecule has 0 aliphatic rings. The molecule has 0 aromatic carbocycles. The Labute approximate surface area is 137 Å². The van der Waals surface area contributed by atoms with Crippen molar-refractivity contribution in [1.29, 1.82) is 0 Å². The van der Waals surface area contributed by atoms with Gasteiger partial charge in [0.1, 0.15) is 11.5 Å². The Kier molecular flexibility index (Phi) is 7.61. The van der Waals surface area contributed by atoms with Crippen molar-refractivity contribution in [3.8, 4) is 0 Å². The fraction of sp³-hybridized carbons (Fsp3) is 0.737. The molecular weight excluding hydrogens is 288 g/mol. The SMILES string of the molecule is CCCCCC(c1cc(C(C)=O)c(C)o1)[Si](CC)(CC)CC. The topological polar surface area (TPSA) is 30.2 Å². The van der Waals surface area contributed by atoms with Crippen molar-refractivity contribution < 1.29 is 9.21 Å². The van der Waals surface area contributed by atoms with Crippen molar-refractivity contribution >= 4 is 13.9 Å². The zero-order valence-electron chi connectivity index (χ0n) is 15.4. The first-order chi connectivity index (χ1) is 10.5. The van der Waals surface area contributed by atoms with E-state index in [0.29, 0.717) is 5.54 Å². The average Bonchev–Trinajstić information content (AvgIpc) is 2.89. The molecule has 1 aromatic rings. The van der Waals surface area contributed by atoms with Crippen molar-refractivity contribution in [3.05, 3.63) is 23.2 Å². The lowest BCUT2D eigenvalue weighted by molar-refractivity contribution is 0.101. The largest absolute Gasteiger partial charge is 0.466 e. The maximum Gasteiger partial charge on any atom is 0.163 e. The van der Waals surface area contributed by atoms with Gasteiger partial charge in [-0.1, -0.05) is 65.1 Å². The van der Waals surface area contributed by atoms with Crippen LogP contribution in [0.4, 0.5) is 0 Å². The van der Waals surface area contributed by atoms with Crippen LogP contribution >= 0.6 is 0 Å². The second-order valence-electron chi connectivity index (χ2n) is 6.65. The lowest BCUT2D eigenvalue weighted by Crippen LogP contribution is -2.39. The second kappa shape index (κ2) is 8.71. The van der Waals surface area contributed by atoms with Gasteiger partial charge in [-0.15, -0.1) is 0 Å². The number of hydrogen-bond donors (Lipinski definition) is 0. The maximum absolute atomic E-state index is 11.8. The molecule has 0 amide bonds. The number of unbranched alkanes of at least 4 members (excludes halogenated alkanes) is 2. The van der Waals surface area contributed by atoms with Crippen LogP contribution in [0.3, 0.4) is 0 Å². The van der Waals surface area contributed by atoms with Crippen LogP contribution < -0.4 is 0 Å². The third-order valence-electron chi connectivity index (χ3n) is 5.61. The first-order valence-corrected chi connectivity index (χ1v) is 11.8. The molecule has 1 rings (SSSR count). The molecule has 126 valence electrons. The van der Waals surface area contributed by atoms with Gasteiger partial charge in [0.15, 0.2) is 5.78 Å². The van der Waals surface area contributed by atoms with E-state index in [4.69, 9.17) is 4.42 Å². The quantitative estimate of drug-likeness (QED) is 0.279. The minimum atomic E-state index is -1.39. The number of rotatable bonds is 10. The van der Waals surface area contributed by atoms with Gasteiger partial charge in [-0.25, -0.2) is 0 Å². The molecule has 1 aromatic heterocycles. The van der Waals surface area contributed by atoms with E-state index in [0.717, 1.165) is 17.1 Å². The van der Waals surface area contributed by atoms with Gasteiger partial charge >= 0.3 is 0 Å². The van der Waals surface area contributed by atoms with E-state index in [2.05, 4.69) is 33.8 Å². The molecule has 1 atom stereocenters. The number of carbonyl (C=O) groups is 1. The van der Waals surface area contributed by atoms with Gasteiger partial charge in [-0.05, 0) is 26.3 Å². The lowest BCUT2D eigenvalue weighted by Gasteiger charge is -2.36. The number of hydrogen-bond acceptors (Lipinski definition) is 2. The Hall–Kier alpha value is -0.833. The summed E-state index contributed by atoms with van der Waals surface area (Å²) in [5, 5.41) is 0. The predicted molar refractivity (Wildman–Crippen MR) is 97.5 cm³/mol. The van der Waals surface area contributed by atoms with E-state index >= 15 is 0 Å². The zero-order chi connectivity index (χ0) is 16.8. The third-order valence-corrected chi connectivity index (χ3v) is 11.9. The Morgan fingerprint density at radius 1 is 1.14 bits per heavy atom. The molecule has 1 unspecified atom stereocenters. The minimum Gasteiger partial charge on any atom is -0.466 e. The summed E-state index contributed by atoms with van der Waals surface area (Å²) in [7, 11) is -1.39. The van der Waals surface area contributed by atoms with Gasteiger partial charge in [0.25, 0.3) is 0 Å². The van der Waals surface area contributed by atoms with Gasteiger partial charge in [0, 0.05) is 5.54 Å². The first kappa shape index (κ1) is 19.2. The summed E-state index contributed by atoms with van der Waals surface area (Å²) in [5.74, 6) is 2.02. The molecule has 1 heterocycles. The highest BCUT2D eigenvalue weighted by Crippen LogP contribution is 2.41. The van der Waals surface area contributed by atoms with Gasteiger partial charge < -0.3 is 4.42 Å². The smallest absolute Gasteiger partial charge is 0.163 e. The fourth-order valence-electron chi connectivity index (χ4n) is 3.86. The van der Waals surface area contributed by atoms with Crippen LogP contribution in [0.5, 0.6) is 0 Å². The number of aryl methyl sites for hydroxylation is 1. The highest BCUT2D eigenvalue weighted by atomic mass is 28.3. The van der Waals surface area contributed by atoms with Crippen LogP contribution in [0.15, 0.2) is 10.5 Å². The van der Waals surface area contributed by atoms with Crippen LogP contribution in [0.25, 0.3) is 0 Å². The van der Waals surface area contributed by atoms with Gasteiger partial charge in [0.05, 0.1) is 13.6 Å². The monoisotopic (exact) mass is 322 g/mol. The van der Waals surface area contributed by atoms with E-state index in [1.54, 1.807) is 6.92 Å². The molecule has 0 aliphatic heterocycles. The van der Waals surface area contributed by atoms with Crippen molar-refractivity contribution in [2.24, 2.45) is 0 Å². The summed E-state index contributed by atoms with van der Waals surface area (Å²) >= 11 is 0. The lowest BCUT2D eigenvalue weighted by atomic mass is 10.1. The van der Waals surface area contributed by atoms with Crippen LogP contribution in [-0.2, 0) is 0 Å². The number of furan rings is 1. The molecule has 2 nitrogen and oxygen atoms in total. The highest BCUT2D eigenvalue weighted by Gasteiger charge is 2.39. The van der Waals surface area contributed by atoms with Crippen molar-refractivity contribution in [1.82, 2.24) is 0 Å². The second-order valence-corrected chi connectivity index (χ2v) is 12.2. The predicted octanol–water partition coefficient (Wildman–Crippen LogP) is 6.50. The molecule has 0 N–H and O–H groups in total. The minimum absolute atomic E-state index is 0.122. The molecule has 0 aliphatic carbocycles. The normalized spacial score (nSPS) is 13.4. The summed E-state index contributed by atoms with van der Waals surface area (Å²) in [6.45, 7) is 12.9. The average molecular weight is 323 g/mol. The highest BCUT2D eigenvalue weighted by molar-refractivity contribution is 6.80. The Morgan fingerprint density at radius 3 is 2.14 bits per heavy atom. The number of Topliss-reactive ketones (excluding diaryl/α,β-unsaturated/α-hetero) is 1. The summed E-state index contributed by atoms with van der Waals surface area (Å²) < 4.78 is 6.09. The van der Waals surface area contributed by atoms with Crippen molar-refractivity contribution in [2.45, 2.75) is 90.9 Å². The molecule has 0 radical (unpaired) electrons. The van der Waals surface area contributed by atoms with E-state index in [1.165, 1.54) is 43.8 Å². The molecule has 3 heteroatoms. The molecule has 22 heavy (non-hydrogen) atoms. The van der Waals surface area contributed by atoms with Gasteiger partial charge in [-0.2, -0.15) is 0 Å². The number of carbonyl (C=O) groups excluding carboxylic acids is 1. The first-order valence-electron chi connectivity index (χ1n) is 9.06.